The number of likely N-dealkylation sites (N-methyl/N-ethyl adjacent to an activating group) is 1. The fourth-order valence-electron chi connectivity index (χ4n) is 2.30. The zero-order valence-electron chi connectivity index (χ0n) is 14.2. The highest BCUT2D eigenvalue weighted by atomic mass is 32.1. The number of aryl methyl sites for hydroxylation is 1. The van der Waals surface area contributed by atoms with Crippen molar-refractivity contribution in [2.45, 2.75) is 6.92 Å². The monoisotopic (exact) mass is 363 g/mol. The number of hydrogen-bond acceptors (Lipinski definition) is 6. The summed E-state index contributed by atoms with van der Waals surface area (Å²) in [6.45, 7) is 6.57. The number of anilines is 1. The number of rotatable bonds is 3. The molecule has 0 unspecified atom stereocenters. The van der Waals surface area contributed by atoms with Gasteiger partial charge in [-0.25, -0.2) is 14.6 Å². The van der Waals surface area contributed by atoms with Gasteiger partial charge in [0.15, 0.2) is 5.13 Å². The quantitative estimate of drug-likeness (QED) is 0.806. The Morgan fingerprint density at radius 1 is 1.12 bits per heavy atom. The molecular formula is C17H21N3O4S. The molecule has 0 aliphatic carbocycles. The predicted octanol–water partition coefficient (Wildman–Crippen LogP) is 2.07. The zero-order chi connectivity index (χ0) is 18.4. The van der Waals surface area contributed by atoms with E-state index in [-0.39, 0.29) is 0 Å². The second kappa shape index (κ2) is 8.59. The number of hydrogen-bond donors (Lipinski definition) is 2. The van der Waals surface area contributed by atoms with E-state index in [2.05, 4.69) is 42.0 Å². The summed E-state index contributed by atoms with van der Waals surface area (Å²) in [5.74, 6) is -2.51. The van der Waals surface area contributed by atoms with Crippen LogP contribution in [0.5, 0.6) is 0 Å². The summed E-state index contributed by atoms with van der Waals surface area (Å²) in [7, 11) is 2.18. The molecule has 134 valence electrons. The van der Waals surface area contributed by atoms with Gasteiger partial charge in [0.05, 0.1) is 10.2 Å². The van der Waals surface area contributed by atoms with Crippen molar-refractivity contribution in [3.63, 3.8) is 0 Å². The SMILES string of the molecule is Cc1ccc2sc(N3CCN(C)CC3)nc2c1.O=C(O)/C=C/C(=O)O. The van der Waals surface area contributed by atoms with Crippen LogP contribution in [0.2, 0.25) is 0 Å². The molecule has 1 fully saturated rings. The molecule has 0 bridgehead atoms. The molecule has 0 saturated carbocycles. The first-order chi connectivity index (χ1) is 11.8. The third-order valence-corrected chi connectivity index (χ3v) is 4.77. The Kier molecular flexibility index (Phi) is 6.49. The lowest BCUT2D eigenvalue weighted by Crippen LogP contribution is -2.44. The smallest absolute Gasteiger partial charge is 0.328 e. The number of benzene rings is 1. The van der Waals surface area contributed by atoms with E-state index in [9.17, 15) is 9.59 Å². The first-order valence-corrected chi connectivity index (χ1v) is 8.61. The standard InChI is InChI=1S/C13H17N3S.C4H4O4/c1-10-3-4-12-11(9-10)14-13(17-12)16-7-5-15(2)6-8-16;5-3(6)1-2-4(7)8/h3-4,9H,5-8H2,1-2H3;1-2H,(H,5,6)(H,7,8)/b;2-1+. The topological polar surface area (TPSA) is 94.0 Å². The molecule has 0 atom stereocenters. The normalized spacial score (nSPS) is 15.2. The van der Waals surface area contributed by atoms with E-state index >= 15 is 0 Å². The van der Waals surface area contributed by atoms with Crippen LogP contribution in [0.3, 0.4) is 0 Å². The molecular weight excluding hydrogens is 342 g/mol. The highest BCUT2D eigenvalue weighted by Gasteiger charge is 2.17. The average Bonchev–Trinajstić information content (AvgIpc) is 2.97. The van der Waals surface area contributed by atoms with E-state index in [0.29, 0.717) is 12.2 Å². The summed E-state index contributed by atoms with van der Waals surface area (Å²) in [5.41, 5.74) is 2.43. The van der Waals surface area contributed by atoms with Crippen LogP contribution in [0.4, 0.5) is 5.13 Å². The number of nitrogens with zero attached hydrogens (tertiary/aromatic N) is 3. The Balaban J connectivity index is 0.000000242. The van der Waals surface area contributed by atoms with Crippen molar-refractivity contribution >= 4 is 38.6 Å². The maximum atomic E-state index is 9.55. The van der Waals surface area contributed by atoms with Crippen molar-refractivity contribution in [1.29, 1.82) is 0 Å². The van der Waals surface area contributed by atoms with Crippen molar-refractivity contribution in [2.75, 3.05) is 38.1 Å². The second-order valence-corrected chi connectivity index (χ2v) is 6.78. The molecule has 7 nitrogen and oxygen atoms in total. The van der Waals surface area contributed by atoms with Crippen LogP contribution < -0.4 is 4.90 Å². The minimum Gasteiger partial charge on any atom is -0.478 e. The van der Waals surface area contributed by atoms with Gasteiger partial charge in [-0.2, -0.15) is 0 Å². The van der Waals surface area contributed by atoms with E-state index in [4.69, 9.17) is 15.2 Å². The van der Waals surface area contributed by atoms with Crippen molar-refractivity contribution in [3.8, 4) is 0 Å². The number of aromatic nitrogens is 1. The molecule has 1 aromatic heterocycles. The van der Waals surface area contributed by atoms with E-state index in [1.165, 1.54) is 15.4 Å². The van der Waals surface area contributed by atoms with Crippen LogP contribution in [-0.4, -0.2) is 65.3 Å². The van der Waals surface area contributed by atoms with Gasteiger partial charge in [-0.3, -0.25) is 0 Å². The zero-order valence-corrected chi connectivity index (χ0v) is 15.0. The Morgan fingerprint density at radius 3 is 2.28 bits per heavy atom. The van der Waals surface area contributed by atoms with Gasteiger partial charge in [0.2, 0.25) is 0 Å². The van der Waals surface area contributed by atoms with Gasteiger partial charge in [-0.05, 0) is 31.7 Å². The average molecular weight is 363 g/mol. The number of aliphatic carboxylic acids is 2. The van der Waals surface area contributed by atoms with Crippen LogP contribution in [0.25, 0.3) is 10.2 Å². The molecule has 1 aromatic carbocycles. The number of fused-ring (bicyclic) bond motifs is 1. The van der Waals surface area contributed by atoms with E-state index in [0.717, 1.165) is 31.7 Å². The maximum Gasteiger partial charge on any atom is 0.328 e. The van der Waals surface area contributed by atoms with Gasteiger partial charge in [-0.1, -0.05) is 17.4 Å². The highest BCUT2D eigenvalue weighted by Crippen LogP contribution is 2.29. The number of carbonyl (C=O) groups is 2. The molecule has 0 spiro atoms. The third kappa shape index (κ3) is 5.84. The fraction of sp³-hybridized carbons (Fsp3) is 0.353. The van der Waals surface area contributed by atoms with Crippen molar-refractivity contribution < 1.29 is 19.8 Å². The Bertz CT molecular complexity index is 763. The van der Waals surface area contributed by atoms with E-state index in [1.807, 2.05) is 11.3 Å². The van der Waals surface area contributed by atoms with Crippen molar-refractivity contribution in [1.82, 2.24) is 9.88 Å². The number of carboxylic acids is 2. The van der Waals surface area contributed by atoms with Crippen LogP contribution in [0.15, 0.2) is 30.4 Å². The Hall–Kier alpha value is -2.45. The lowest BCUT2D eigenvalue weighted by atomic mass is 10.2. The lowest BCUT2D eigenvalue weighted by Gasteiger charge is -2.32. The first-order valence-electron chi connectivity index (χ1n) is 7.80. The summed E-state index contributed by atoms with van der Waals surface area (Å²) in [6.07, 6.45) is 1.12. The van der Waals surface area contributed by atoms with Gasteiger partial charge in [0.1, 0.15) is 0 Å². The lowest BCUT2D eigenvalue weighted by molar-refractivity contribution is -0.134. The molecule has 0 radical (unpaired) electrons. The molecule has 8 heteroatoms. The Morgan fingerprint density at radius 2 is 1.72 bits per heavy atom. The van der Waals surface area contributed by atoms with Crippen molar-refractivity contribution in [2.24, 2.45) is 0 Å². The van der Waals surface area contributed by atoms with Gasteiger partial charge in [0.25, 0.3) is 0 Å². The summed E-state index contributed by atoms with van der Waals surface area (Å²) < 4.78 is 1.30. The minimum atomic E-state index is -1.26. The first kappa shape index (κ1) is 18.9. The highest BCUT2D eigenvalue weighted by molar-refractivity contribution is 7.22. The molecule has 3 rings (SSSR count). The molecule has 2 heterocycles. The van der Waals surface area contributed by atoms with Gasteiger partial charge in [0, 0.05) is 38.3 Å². The number of piperazine rings is 1. The van der Waals surface area contributed by atoms with E-state index < -0.39 is 11.9 Å². The van der Waals surface area contributed by atoms with Gasteiger partial charge >= 0.3 is 11.9 Å². The van der Waals surface area contributed by atoms with Crippen LogP contribution in [-0.2, 0) is 9.59 Å². The summed E-state index contributed by atoms with van der Waals surface area (Å²) in [6, 6.07) is 6.52. The van der Waals surface area contributed by atoms with Gasteiger partial charge < -0.3 is 20.0 Å². The number of carboxylic acid groups (broad SMARTS) is 2. The largest absolute Gasteiger partial charge is 0.478 e. The molecule has 1 saturated heterocycles. The molecule has 1 aliphatic heterocycles. The summed E-state index contributed by atoms with van der Waals surface area (Å²) in [5, 5.41) is 16.8. The summed E-state index contributed by atoms with van der Waals surface area (Å²) >= 11 is 1.81. The molecule has 1 aliphatic rings. The molecule has 0 amide bonds. The maximum absolute atomic E-state index is 9.55. The number of thiazole rings is 1. The predicted molar refractivity (Wildman–Crippen MR) is 98.5 cm³/mol. The molecule has 2 N–H and O–H groups in total. The third-order valence-electron chi connectivity index (χ3n) is 3.67. The second-order valence-electron chi connectivity index (χ2n) is 5.77. The van der Waals surface area contributed by atoms with Crippen molar-refractivity contribution in [3.05, 3.63) is 35.9 Å². The molecule has 25 heavy (non-hydrogen) atoms. The van der Waals surface area contributed by atoms with Crippen LogP contribution in [0.1, 0.15) is 5.56 Å². The Labute approximate surface area is 149 Å². The minimum absolute atomic E-state index is 0.558. The van der Waals surface area contributed by atoms with Crippen LogP contribution in [0, 0.1) is 6.92 Å². The fourth-order valence-corrected chi connectivity index (χ4v) is 3.30. The van der Waals surface area contributed by atoms with Gasteiger partial charge in [-0.15, -0.1) is 0 Å². The molecule has 2 aromatic rings. The van der Waals surface area contributed by atoms with E-state index in [1.54, 1.807) is 0 Å². The van der Waals surface area contributed by atoms with Crippen LogP contribution >= 0.6 is 11.3 Å². The summed E-state index contributed by atoms with van der Waals surface area (Å²) in [4.78, 5) is 28.6.